The van der Waals surface area contributed by atoms with E-state index in [1.165, 1.54) is 25.4 Å². The minimum atomic E-state index is -3.60. The highest BCUT2D eigenvalue weighted by Crippen LogP contribution is 2.24. The van der Waals surface area contributed by atoms with Gasteiger partial charge in [0.2, 0.25) is 0 Å². The van der Waals surface area contributed by atoms with Crippen LogP contribution in [0.5, 0.6) is 0 Å². The molecule has 1 aliphatic rings. The number of nitrogens with zero attached hydrogens (tertiary/aromatic N) is 2. The van der Waals surface area contributed by atoms with Crippen LogP contribution in [0.4, 0.5) is 11.4 Å². The van der Waals surface area contributed by atoms with Crippen LogP contribution < -0.4 is 9.62 Å². The summed E-state index contributed by atoms with van der Waals surface area (Å²) in [7, 11) is -3.60. The second-order valence-corrected chi connectivity index (χ2v) is 6.42. The Labute approximate surface area is 117 Å². The van der Waals surface area contributed by atoms with Gasteiger partial charge in [0, 0.05) is 18.8 Å². The lowest BCUT2D eigenvalue weighted by atomic mass is 10.2. The fourth-order valence-corrected chi connectivity index (χ4v) is 3.30. The van der Waals surface area contributed by atoms with Crippen molar-refractivity contribution in [2.45, 2.75) is 17.9 Å². The zero-order valence-corrected chi connectivity index (χ0v) is 11.7. The normalized spacial score (nSPS) is 15.5. The monoisotopic (exact) mass is 292 g/mol. The van der Waals surface area contributed by atoms with Crippen LogP contribution in [0.2, 0.25) is 0 Å². The predicted octanol–water partition coefficient (Wildman–Crippen LogP) is 1.81. The second-order valence-electron chi connectivity index (χ2n) is 4.77. The first kappa shape index (κ1) is 13.0. The van der Waals surface area contributed by atoms with Gasteiger partial charge in [0.15, 0.2) is 5.03 Å². The third-order valence-electron chi connectivity index (χ3n) is 3.33. The predicted molar refractivity (Wildman–Crippen MR) is 77.3 cm³/mol. The highest BCUT2D eigenvalue weighted by molar-refractivity contribution is 7.92. The molecule has 6 nitrogen and oxygen atoms in total. The minimum Gasteiger partial charge on any atom is -0.371 e. The van der Waals surface area contributed by atoms with Crippen LogP contribution in [0.1, 0.15) is 12.8 Å². The number of rotatable bonds is 4. The summed E-state index contributed by atoms with van der Waals surface area (Å²) in [5.74, 6) is 0. The molecule has 1 aromatic carbocycles. The topological polar surface area (TPSA) is 78.1 Å². The Morgan fingerprint density at radius 1 is 1.25 bits per heavy atom. The van der Waals surface area contributed by atoms with E-state index < -0.39 is 10.0 Å². The number of benzene rings is 1. The summed E-state index contributed by atoms with van der Waals surface area (Å²) in [6.45, 7) is 2.05. The van der Waals surface area contributed by atoms with Crippen molar-refractivity contribution in [1.82, 2.24) is 9.97 Å². The van der Waals surface area contributed by atoms with E-state index in [1.54, 1.807) is 6.07 Å². The molecule has 7 heteroatoms. The number of hydrogen-bond acceptors (Lipinski definition) is 4. The Hall–Kier alpha value is -2.02. The molecule has 2 aromatic rings. The van der Waals surface area contributed by atoms with Crippen molar-refractivity contribution >= 4 is 21.4 Å². The summed E-state index contributed by atoms with van der Waals surface area (Å²) < 4.78 is 26.8. The lowest BCUT2D eigenvalue weighted by Gasteiger charge is -2.18. The zero-order valence-electron chi connectivity index (χ0n) is 10.9. The Balaban J connectivity index is 1.82. The van der Waals surface area contributed by atoms with Crippen molar-refractivity contribution in [2.24, 2.45) is 0 Å². The highest BCUT2D eigenvalue weighted by atomic mass is 32.2. The zero-order chi connectivity index (χ0) is 14.0. The first-order chi connectivity index (χ1) is 9.65. The summed E-state index contributed by atoms with van der Waals surface area (Å²) in [5, 5.41) is 0.0593. The van der Waals surface area contributed by atoms with Crippen LogP contribution in [-0.2, 0) is 10.0 Å². The number of sulfonamides is 1. The lowest BCUT2D eigenvalue weighted by molar-refractivity contribution is 0.598. The molecule has 0 unspecified atom stereocenters. The standard InChI is InChI=1S/C13H16N4O2S/c18-20(19,13-9-14-10-15-13)16-11-4-3-5-12(8-11)17-6-1-2-7-17/h3-5,8-10,16H,1-2,6-7H2,(H,14,15). The van der Waals surface area contributed by atoms with E-state index in [0.717, 1.165) is 18.8 Å². The molecule has 1 aromatic heterocycles. The number of H-pyrrole nitrogens is 1. The molecule has 2 N–H and O–H groups in total. The summed E-state index contributed by atoms with van der Waals surface area (Å²) in [4.78, 5) is 8.58. The summed E-state index contributed by atoms with van der Waals surface area (Å²) >= 11 is 0. The Bertz CT molecular complexity index is 676. The maximum Gasteiger partial charge on any atom is 0.278 e. The summed E-state index contributed by atoms with van der Waals surface area (Å²) in [5.41, 5.74) is 1.61. The minimum absolute atomic E-state index is 0.0593. The molecule has 2 heterocycles. The molecule has 1 fully saturated rings. The lowest BCUT2D eigenvalue weighted by Crippen LogP contribution is -2.18. The van der Waals surface area contributed by atoms with Crippen LogP contribution in [0, 0.1) is 0 Å². The summed E-state index contributed by atoms with van der Waals surface area (Å²) in [6.07, 6.45) is 5.00. The Kier molecular flexibility index (Phi) is 3.35. The van der Waals surface area contributed by atoms with Crippen LogP contribution in [-0.4, -0.2) is 31.5 Å². The molecule has 1 aliphatic heterocycles. The first-order valence-electron chi connectivity index (χ1n) is 6.51. The first-order valence-corrected chi connectivity index (χ1v) is 8.00. The molecule has 20 heavy (non-hydrogen) atoms. The second kappa shape index (κ2) is 5.16. The van der Waals surface area contributed by atoms with Gasteiger partial charge in [0.1, 0.15) is 0 Å². The van der Waals surface area contributed by atoms with Crippen LogP contribution in [0.25, 0.3) is 0 Å². The number of nitrogens with one attached hydrogen (secondary N) is 2. The third-order valence-corrected chi connectivity index (χ3v) is 4.64. The largest absolute Gasteiger partial charge is 0.371 e. The number of anilines is 2. The van der Waals surface area contributed by atoms with Gasteiger partial charge in [-0.05, 0) is 31.0 Å². The van der Waals surface area contributed by atoms with Gasteiger partial charge in [-0.2, -0.15) is 8.42 Å². The van der Waals surface area contributed by atoms with E-state index >= 15 is 0 Å². The van der Waals surface area contributed by atoms with E-state index in [1.807, 2.05) is 18.2 Å². The molecule has 1 saturated heterocycles. The molecule has 0 spiro atoms. The maximum absolute atomic E-state index is 12.1. The van der Waals surface area contributed by atoms with Crippen LogP contribution in [0.3, 0.4) is 0 Å². The highest BCUT2D eigenvalue weighted by Gasteiger charge is 2.17. The van der Waals surface area contributed by atoms with E-state index in [-0.39, 0.29) is 5.03 Å². The summed E-state index contributed by atoms with van der Waals surface area (Å²) in [6, 6.07) is 7.46. The molecule has 106 valence electrons. The number of imidazole rings is 1. The Morgan fingerprint density at radius 3 is 2.75 bits per heavy atom. The fourth-order valence-electron chi connectivity index (χ4n) is 2.34. The van der Waals surface area contributed by atoms with Crippen LogP contribution in [0.15, 0.2) is 41.8 Å². The SMILES string of the molecule is O=S(=O)(Nc1cccc(N2CCCC2)c1)c1cnc[nH]1. The third kappa shape index (κ3) is 2.62. The number of hydrogen-bond donors (Lipinski definition) is 2. The molecular weight excluding hydrogens is 276 g/mol. The van der Waals surface area contributed by atoms with Crippen molar-refractivity contribution in [3.8, 4) is 0 Å². The Morgan fingerprint density at radius 2 is 2.05 bits per heavy atom. The van der Waals surface area contributed by atoms with Gasteiger partial charge in [0.25, 0.3) is 10.0 Å². The van der Waals surface area contributed by atoms with E-state index in [9.17, 15) is 8.42 Å². The van der Waals surface area contributed by atoms with E-state index in [4.69, 9.17) is 0 Å². The van der Waals surface area contributed by atoms with Gasteiger partial charge >= 0.3 is 0 Å². The van der Waals surface area contributed by atoms with Crippen molar-refractivity contribution in [1.29, 1.82) is 0 Å². The molecule has 0 saturated carbocycles. The van der Waals surface area contributed by atoms with Gasteiger partial charge in [-0.1, -0.05) is 6.07 Å². The van der Waals surface area contributed by atoms with Crippen molar-refractivity contribution < 1.29 is 8.42 Å². The van der Waals surface area contributed by atoms with Crippen molar-refractivity contribution in [3.05, 3.63) is 36.8 Å². The average molecular weight is 292 g/mol. The molecule has 3 rings (SSSR count). The number of aromatic nitrogens is 2. The molecular formula is C13H16N4O2S. The van der Waals surface area contributed by atoms with Gasteiger partial charge in [-0.25, -0.2) is 4.98 Å². The van der Waals surface area contributed by atoms with Crippen molar-refractivity contribution in [3.63, 3.8) is 0 Å². The van der Waals surface area contributed by atoms with Crippen LogP contribution >= 0.6 is 0 Å². The van der Waals surface area contributed by atoms with E-state index in [0.29, 0.717) is 5.69 Å². The molecule has 0 radical (unpaired) electrons. The molecule has 0 atom stereocenters. The van der Waals surface area contributed by atoms with Gasteiger partial charge in [0.05, 0.1) is 18.2 Å². The van der Waals surface area contributed by atoms with Gasteiger partial charge in [-0.15, -0.1) is 0 Å². The molecule has 0 bridgehead atoms. The average Bonchev–Trinajstić information content (AvgIpc) is 3.12. The van der Waals surface area contributed by atoms with Gasteiger partial charge in [-0.3, -0.25) is 4.72 Å². The van der Waals surface area contributed by atoms with E-state index in [2.05, 4.69) is 19.6 Å². The smallest absolute Gasteiger partial charge is 0.278 e. The van der Waals surface area contributed by atoms with Crippen molar-refractivity contribution in [2.75, 3.05) is 22.7 Å². The molecule has 0 aliphatic carbocycles. The quantitative estimate of drug-likeness (QED) is 0.901. The maximum atomic E-state index is 12.1. The van der Waals surface area contributed by atoms with Gasteiger partial charge < -0.3 is 9.88 Å². The fraction of sp³-hybridized carbons (Fsp3) is 0.308. The number of aromatic amines is 1. The molecule has 0 amide bonds.